The van der Waals surface area contributed by atoms with Gasteiger partial charge in [-0.05, 0) is 49.2 Å². The molecule has 1 aliphatic rings. The van der Waals surface area contributed by atoms with Crippen molar-refractivity contribution in [1.82, 2.24) is 10.4 Å². The van der Waals surface area contributed by atoms with Crippen molar-refractivity contribution in [2.24, 2.45) is 5.10 Å². The number of benzene rings is 1. The molecule has 1 N–H and O–H groups in total. The van der Waals surface area contributed by atoms with E-state index in [0.717, 1.165) is 6.21 Å². The number of Topliss-reactive ketones (excluding diaryl/α,β-unsaturated/α-hetero) is 1. The third-order valence-electron chi connectivity index (χ3n) is 4.28. The molecule has 2 aromatic rings. The van der Waals surface area contributed by atoms with Crippen LogP contribution < -0.4 is 5.43 Å². The van der Waals surface area contributed by atoms with Gasteiger partial charge in [0.05, 0.1) is 6.21 Å². The first-order valence-corrected chi connectivity index (χ1v) is 9.65. The van der Waals surface area contributed by atoms with Gasteiger partial charge in [-0.15, -0.1) is 11.8 Å². The van der Waals surface area contributed by atoms with Gasteiger partial charge in [-0.3, -0.25) is 14.6 Å². The number of ketones is 1. The molecule has 6 heteroatoms. The minimum atomic E-state index is -0.379. The lowest BCUT2D eigenvalue weighted by Crippen LogP contribution is -2.18. The second-order valence-corrected chi connectivity index (χ2v) is 7.58. The Balaban J connectivity index is 1.52. The summed E-state index contributed by atoms with van der Waals surface area (Å²) in [6, 6.07) is 10.7. The maximum absolute atomic E-state index is 12.1. The molecule has 1 fully saturated rings. The SMILES string of the molecule is O=C(/C=N/NC(=O)c1ccncc1)c1ccc(SC2CCCCC2)cc1. The number of hydrazone groups is 1. The van der Waals surface area contributed by atoms with Crippen LogP contribution in [0, 0.1) is 0 Å². The molecule has 1 aromatic carbocycles. The molecule has 5 nitrogen and oxygen atoms in total. The predicted molar refractivity (Wildman–Crippen MR) is 104 cm³/mol. The van der Waals surface area contributed by atoms with E-state index in [1.807, 2.05) is 36.0 Å². The van der Waals surface area contributed by atoms with E-state index in [1.54, 1.807) is 12.1 Å². The highest BCUT2D eigenvalue weighted by Gasteiger charge is 2.14. The number of rotatable bonds is 6. The minimum absolute atomic E-state index is 0.241. The Labute approximate surface area is 157 Å². The molecular formula is C20H21N3O2S. The maximum atomic E-state index is 12.1. The molecule has 1 aliphatic carbocycles. The van der Waals surface area contributed by atoms with Crippen LogP contribution in [0.25, 0.3) is 0 Å². The quantitative estimate of drug-likeness (QED) is 0.474. The van der Waals surface area contributed by atoms with Crippen LogP contribution >= 0.6 is 11.8 Å². The molecule has 134 valence electrons. The normalized spacial score (nSPS) is 15.1. The number of carbonyl (C=O) groups excluding carboxylic acids is 2. The molecule has 1 amide bonds. The van der Waals surface area contributed by atoms with Crippen molar-refractivity contribution >= 4 is 29.7 Å². The van der Waals surface area contributed by atoms with Gasteiger partial charge in [0, 0.05) is 33.7 Å². The summed E-state index contributed by atoms with van der Waals surface area (Å²) in [6.45, 7) is 0. The Morgan fingerprint density at radius 3 is 2.38 bits per heavy atom. The summed E-state index contributed by atoms with van der Waals surface area (Å²) >= 11 is 1.90. The smallest absolute Gasteiger partial charge is 0.271 e. The van der Waals surface area contributed by atoms with Gasteiger partial charge >= 0.3 is 0 Å². The van der Waals surface area contributed by atoms with E-state index < -0.39 is 0 Å². The van der Waals surface area contributed by atoms with Crippen LogP contribution in [0.2, 0.25) is 0 Å². The molecule has 0 radical (unpaired) electrons. The monoisotopic (exact) mass is 367 g/mol. The van der Waals surface area contributed by atoms with E-state index in [9.17, 15) is 9.59 Å². The molecule has 0 spiro atoms. The zero-order valence-corrected chi connectivity index (χ0v) is 15.2. The van der Waals surface area contributed by atoms with Gasteiger partial charge in [-0.2, -0.15) is 5.10 Å². The Morgan fingerprint density at radius 1 is 1.00 bits per heavy atom. The molecule has 26 heavy (non-hydrogen) atoms. The first-order chi connectivity index (χ1) is 12.7. The fourth-order valence-corrected chi connectivity index (χ4v) is 4.11. The summed E-state index contributed by atoms with van der Waals surface area (Å²) in [5.41, 5.74) is 3.34. The third kappa shape index (κ3) is 5.26. The van der Waals surface area contributed by atoms with Crippen LogP contribution in [-0.2, 0) is 0 Å². The summed E-state index contributed by atoms with van der Waals surface area (Å²) < 4.78 is 0. The standard InChI is InChI=1S/C20H21N3O2S/c24-19(14-22-23-20(25)16-10-12-21-13-11-16)15-6-8-18(9-7-15)26-17-4-2-1-3-5-17/h6-14,17H,1-5H2,(H,23,25)/b22-14+. The van der Waals surface area contributed by atoms with Crippen molar-refractivity contribution in [2.45, 2.75) is 42.2 Å². The summed E-state index contributed by atoms with van der Waals surface area (Å²) in [4.78, 5) is 29.0. The summed E-state index contributed by atoms with van der Waals surface area (Å²) in [6.07, 6.45) is 10.7. The number of nitrogens with one attached hydrogen (secondary N) is 1. The van der Waals surface area contributed by atoms with Crippen molar-refractivity contribution in [3.63, 3.8) is 0 Å². The second kappa shape index (κ2) is 9.29. The Morgan fingerprint density at radius 2 is 1.69 bits per heavy atom. The Bertz CT molecular complexity index is 769. The van der Waals surface area contributed by atoms with Gasteiger partial charge in [0.15, 0.2) is 0 Å². The highest BCUT2D eigenvalue weighted by molar-refractivity contribution is 8.00. The topological polar surface area (TPSA) is 71.4 Å². The van der Waals surface area contributed by atoms with E-state index in [4.69, 9.17) is 0 Å². The molecule has 0 atom stereocenters. The minimum Gasteiger partial charge on any atom is -0.287 e. The molecule has 0 aliphatic heterocycles. The number of amides is 1. The van der Waals surface area contributed by atoms with Crippen LogP contribution in [0.4, 0.5) is 0 Å². The maximum Gasteiger partial charge on any atom is 0.271 e. The number of hydrogen-bond donors (Lipinski definition) is 1. The zero-order chi connectivity index (χ0) is 18.2. The van der Waals surface area contributed by atoms with Crippen LogP contribution in [0.3, 0.4) is 0 Å². The van der Waals surface area contributed by atoms with Crippen LogP contribution in [0.15, 0.2) is 58.8 Å². The number of pyridine rings is 1. The number of thioether (sulfide) groups is 1. The van der Waals surface area contributed by atoms with Gasteiger partial charge in [0.25, 0.3) is 5.91 Å². The molecule has 1 aromatic heterocycles. The molecule has 0 unspecified atom stereocenters. The van der Waals surface area contributed by atoms with Crippen LogP contribution in [0.5, 0.6) is 0 Å². The predicted octanol–water partition coefficient (Wildman–Crippen LogP) is 4.10. The highest BCUT2D eigenvalue weighted by atomic mass is 32.2. The highest BCUT2D eigenvalue weighted by Crippen LogP contribution is 2.33. The van der Waals surface area contributed by atoms with E-state index in [0.29, 0.717) is 16.4 Å². The summed E-state index contributed by atoms with van der Waals surface area (Å²) in [5.74, 6) is -0.620. The van der Waals surface area contributed by atoms with Crippen molar-refractivity contribution in [2.75, 3.05) is 0 Å². The molecule has 1 saturated carbocycles. The summed E-state index contributed by atoms with van der Waals surface area (Å²) in [7, 11) is 0. The third-order valence-corrected chi connectivity index (χ3v) is 5.63. The van der Waals surface area contributed by atoms with E-state index in [2.05, 4.69) is 15.5 Å². The van der Waals surface area contributed by atoms with Gasteiger partial charge in [-0.1, -0.05) is 19.3 Å². The number of aromatic nitrogens is 1. The van der Waals surface area contributed by atoms with Gasteiger partial charge < -0.3 is 0 Å². The molecular weight excluding hydrogens is 346 g/mol. The molecule has 1 heterocycles. The van der Waals surface area contributed by atoms with Crippen molar-refractivity contribution in [3.05, 3.63) is 59.9 Å². The largest absolute Gasteiger partial charge is 0.287 e. The number of carbonyl (C=O) groups is 2. The first-order valence-electron chi connectivity index (χ1n) is 8.77. The molecule has 0 saturated heterocycles. The van der Waals surface area contributed by atoms with E-state index in [1.165, 1.54) is 49.4 Å². The molecule has 0 bridgehead atoms. The number of nitrogens with zero attached hydrogens (tertiary/aromatic N) is 2. The number of hydrogen-bond acceptors (Lipinski definition) is 5. The zero-order valence-electron chi connectivity index (χ0n) is 14.4. The summed E-state index contributed by atoms with van der Waals surface area (Å²) in [5, 5.41) is 4.43. The van der Waals surface area contributed by atoms with Gasteiger partial charge in [-0.25, -0.2) is 5.43 Å². The Hall–Kier alpha value is -2.47. The Kier molecular flexibility index (Phi) is 6.55. The lowest BCUT2D eigenvalue weighted by Gasteiger charge is -2.20. The lowest BCUT2D eigenvalue weighted by molar-refractivity contribution is 0.0955. The molecule has 3 rings (SSSR count). The van der Waals surface area contributed by atoms with Crippen molar-refractivity contribution in [1.29, 1.82) is 0 Å². The van der Waals surface area contributed by atoms with Gasteiger partial charge in [0.2, 0.25) is 5.78 Å². The second-order valence-electron chi connectivity index (χ2n) is 6.20. The van der Waals surface area contributed by atoms with E-state index >= 15 is 0 Å². The lowest BCUT2D eigenvalue weighted by atomic mass is 10.0. The average molecular weight is 367 g/mol. The van der Waals surface area contributed by atoms with E-state index in [-0.39, 0.29) is 11.7 Å². The average Bonchev–Trinajstić information content (AvgIpc) is 2.70. The first kappa shape index (κ1) is 18.3. The van der Waals surface area contributed by atoms with Crippen LogP contribution in [-0.4, -0.2) is 28.1 Å². The van der Waals surface area contributed by atoms with Crippen molar-refractivity contribution in [3.8, 4) is 0 Å². The fourth-order valence-electron chi connectivity index (χ4n) is 2.87. The van der Waals surface area contributed by atoms with Crippen molar-refractivity contribution < 1.29 is 9.59 Å². The van der Waals surface area contributed by atoms with Gasteiger partial charge in [0.1, 0.15) is 0 Å². The van der Waals surface area contributed by atoms with Crippen LogP contribution in [0.1, 0.15) is 52.8 Å². The fraction of sp³-hybridized carbons (Fsp3) is 0.300.